The summed E-state index contributed by atoms with van der Waals surface area (Å²) in [5, 5.41) is 3.30. The third-order valence-corrected chi connectivity index (χ3v) is 3.54. The first kappa shape index (κ1) is 13.8. The number of fused-ring (bicyclic) bond motifs is 1. The molecule has 0 amide bonds. The van der Waals surface area contributed by atoms with Crippen LogP contribution in [0.3, 0.4) is 0 Å². The number of carbonyl (C=O) groups is 2. The summed E-state index contributed by atoms with van der Waals surface area (Å²) in [5.41, 5.74) is 3.22. The Bertz CT molecular complexity index is 624. The molecule has 2 aliphatic heterocycles. The Balaban J connectivity index is 1.91. The van der Waals surface area contributed by atoms with Gasteiger partial charge in [-0.2, -0.15) is 0 Å². The molecular formula is C16H17NO4. The van der Waals surface area contributed by atoms with Gasteiger partial charge in [0.25, 0.3) is 5.79 Å². The second-order valence-electron chi connectivity index (χ2n) is 5.69. The van der Waals surface area contributed by atoms with Crippen molar-refractivity contribution in [3.8, 4) is 0 Å². The van der Waals surface area contributed by atoms with Crippen molar-refractivity contribution < 1.29 is 19.1 Å². The van der Waals surface area contributed by atoms with Gasteiger partial charge in [-0.05, 0) is 35.7 Å². The van der Waals surface area contributed by atoms with E-state index in [-0.39, 0.29) is 5.57 Å². The molecule has 1 fully saturated rings. The Morgan fingerprint density at radius 3 is 2.57 bits per heavy atom. The number of hydrogen-bond acceptors (Lipinski definition) is 5. The molecular weight excluding hydrogens is 270 g/mol. The zero-order valence-electron chi connectivity index (χ0n) is 12.1. The van der Waals surface area contributed by atoms with Crippen molar-refractivity contribution in [2.45, 2.75) is 32.6 Å². The highest BCUT2D eigenvalue weighted by molar-refractivity contribution is 6.18. The maximum absolute atomic E-state index is 11.9. The van der Waals surface area contributed by atoms with Crippen LogP contribution in [0.4, 0.5) is 0 Å². The molecule has 0 radical (unpaired) electrons. The predicted molar refractivity (Wildman–Crippen MR) is 76.1 cm³/mol. The van der Waals surface area contributed by atoms with E-state index in [9.17, 15) is 9.59 Å². The SMILES string of the molecule is CC1(C)OC(=O)C(=Cc2ccc3c(c2)CCNC3)C(=O)O1. The number of rotatable bonds is 1. The van der Waals surface area contributed by atoms with Crippen molar-refractivity contribution in [1.29, 1.82) is 0 Å². The molecule has 0 unspecified atom stereocenters. The number of ether oxygens (including phenoxy) is 2. The maximum Gasteiger partial charge on any atom is 0.348 e. The van der Waals surface area contributed by atoms with E-state index in [1.165, 1.54) is 31.1 Å². The summed E-state index contributed by atoms with van der Waals surface area (Å²) >= 11 is 0. The van der Waals surface area contributed by atoms with Gasteiger partial charge < -0.3 is 14.8 Å². The minimum atomic E-state index is -1.20. The second kappa shape index (κ2) is 5.00. The van der Waals surface area contributed by atoms with Gasteiger partial charge >= 0.3 is 11.9 Å². The Kier molecular flexibility index (Phi) is 3.29. The van der Waals surface area contributed by atoms with Gasteiger partial charge in [-0.15, -0.1) is 0 Å². The lowest BCUT2D eigenvalue weighted by molar-refractivity contribution is -0.222. The van der Waals surface area contributed by atoms with E-state index >= 15 is 0 Å². The van der Waals surface area contributed by atoms with Crippen molar-refractivity contribution in [3.05, 3.63) is 40.5 Å². The van der Waals surface area contributed by atoms with E-state index in [1.807, 2.05) is 18.2 Å². The minimum Gasteiger partial charge on any atom is -0.419 e. The Morgan fingerprint density at radius 2 is 1.86 bits per heavy atom. The third kappa shape index (κ3) is 2.83. The lowest BCUT2D eigenvalue weighted by atomic mass is 9.97. The number of hydrogen-bond donors (Lipinski definition) is 1. The number of cyclic esters (lactones) is 2. The standard InChI is InChI=1S/C16H17NO4/c1-16(2)20-14(18)13(15(19)21-16)8-10-3-4-12-9-17-6-5-11(12)7-10/h3-4,7-8,17H,5-6,9H2,1-2H3. The van der Waals surface area contributed by atoms with E-state index in [4.69, 9.17) is 9.47 Å². The highest BCUT2D eigenvalue weighted by Crippen LogP contribution is 2.25. The van der Waals surface area contributed by atoms with Gasteiger partial charge in [0.05, 0.1) is 0 Å². The summed E-state index contributed by atoms with van der Waals surface area (Å²) in [7, 11) is 0. The third-order valence-electron chi connectivity index (χ3n) is 3.54. The molecule has 110 valence electrons. The monoisotopic (exact) mass is 287 g/mol. The van der Waals surface area contributed by atoms with Gasteiger partial charge in [0.2, 0.25) is 0 Å². The molecule has 2 aliphatic rings. The highest BCUT2D eigenvalue weighted by Gasteiger charge is 2.38. The smallest absolute Gasteiger partial charge is 0.348 e. The summed E-state index contributed by atoms with van der Waals surface area (Å²) < 4.78 is 10.2. The molecule has 2 heterocycles. The van der Waals surface area contributed by atoms with Crippen LogP contribution in [-0.2, 0) is 32.0 Å². The highest BCUT2D eigenvalue weighted by atomic mass is 16.7. The Labute approximate surface area is 122 Å². The van der Waals surface area contributed by atoms with Crippen molar-refractivity contribution in [2.75, 3.05) is 6.54 Å². The summed E-state index contributed by atoms with van der Waals surface area (Å²) in [5.74, 6) is -2.49. The summed E-state index contributed by atoms with van der Waals surface area (Å²) in [6.45, 7) is 4.85. The van der Waals surface area contributed by atoms with Crippen LogP contribution in [0, 0.1) is 0 Å². The van der Waals surface area contributed by atoms with Crippen LogP contribution in [0.2, 0.25) is 0 Å². The molecule has 0 bridgehead atoms. The summed E-state index contributed by atoms with van der Waals surface area (Å²) in [6.07, 6.45) is 2.47. The largest absolute Gasteiger partial charge is 0.419 e. The normalized spacial score (nSPS) is 20.4. The molecule has 0 spiro atoms. The van der Waals surface area contributed by atoms with Crippen LogP contribution < -0.4 is 5.32 Å². The van der Waals surface area contributed by atoms with Crippen molar-refractivity contribution in [1.82, 2.24) is 5.32 Å². The molecule has 0 atom stereocenters. The number of esters is 2. The number of benzene rings is 1. The molecule has 1 N–H and O–H groups in total. The second-order valence-corrected chi connectivity index (χ2v) is 5.69. The fourth-order valence-electron chi connectivity index (χ4n) is 2.53. The van der Waals surface area contributed by atoms with E-state index in [1.54, 1.807) is 0 Å². The van der Waals surface area contributed by atoms with Crippen LogP contribution >= 0.6 is 0 Å². The fourth-order valence-corrected chi connectivity index (χ4v) is 2.53. The Morgan fingerprint density at radius 1 is 1.14 bits per heavy atom. The molecule has 5 nitrogen and oxygen atoms in total. The summed E-state index contributed by atoms with van der Waals surface area (Å²) in [4.78, 5) is 23.8. The van der Waals surface area contributed by atoms with Crippen LogP contribution in [0.15, 0.2) is 23.8 Å². The fraction of sp³-hybridized carbons (Fsp3) is 0.375. The Hall–Kier alpha value is -2.14. The predicted octanol–water partition coefficient (Wildman–Crippen LogP) is 1.55. The van der Waals surface area contributed by atoms with Gasteiger partial charge in [0.15, 0.2) is 0 Å². The van der Waals surface area contributed by atoms with Crippen LogP contribution in [0.1, 0.15) is 30.5 Å². The van der Waals surface area contributed by atoms with Crippen LogP contribution in [-0.4, -0.2) is 24.3 Å². The molecule has 3 rings (SSSR count). The van der Waals surface area contributed by atoms with Gasteiger partial charge in [-0.1, -0.05) is 18.2 Å². The zero-order chi connectivity index (χ0) is 15.0. The molecule has 1 aromatic rings. The van der Waals surface area contributed by atoms with E-state index in [0.717, 1.165) is 25.1 Å². The van der Waals surface area contributed by atoms with Crippen molar-refractivity contribution >= 4 is 18.0 Å². The molecule has 1 aromatic carbocycles. The lowest BCUT2D eigenvalue weighted by Crippen LogP contribution is -2.41. The molecule has 0 aliphatic carbocycles. The van der Waals surface area contributed by atoms with E-state index in [2.05, 4.69) is 5.32 Å². The van der Waals surface area contributed by atoms with Gasteiger partial charge in [0.1, 0.15) is 5.57 Å². The quantitative estimate of drug-likeness (QED) is 0.482. The first-order valence-electron chi connectivity index (χ1n) is 6.95. The molecule has 0 saturated carbocycles. The van der Waals surface area contributed by atoms with E-state index in [0.29, 0.717) is 0 Å². The average molecular weight is 287 g/mol. The number of carbonyl (C=O) groups excluding carboxylic acids is 2. The zero-order valence-corrected chi connectivity index (χ0v) is 12.1. The maximum atomic E-state index is 11.9. The first-order valence-corrected chi connectivity index (χ1v) is 6.95. The van der Waals surface area contributed by atoms with Crippen molar-refractivity contribution in [2.24, 2.45) is 0 Å². The minimum absolute atomic E-state index is 0.0665. The lowest BCUT2D eigenvalue weighted by Gasteiger charge is -2.29. The van der Waals surface area contributed by atoms with Gasteiger partial charge in [-0.3, -0.25) is 0 Å². The average Bonchev–Trinajstić information content (AvgIpc) is 2.42. The first-order chi connectivity index (χ1) is 9.94. The van der Waals surface area contributed by atoms with E-state index < -0.39 is 17.7 Å². The van der Waals surface area contributed by atoms with Gasteiger partial charge in [0, 0.05) is 20.4 Å². The van der Waals surface area contributed by atoms with Crippen LogP contribution in [0.5, 0.6) is 0 Å². The number of nitrogens with one attached hydrogen (secondary N) is 1. The molecule has 1 saturated heterocycles. The molecule has 0 aromatic heterocycles. The topological polar surface area (TPSA) is 64.6 Å². The van der Waals surface area contributed by atoms with Gasteiger partial charge in [-0.25, -0.2) is 9.59 Å². The molecule has 5 heteroatoms. The van der Waals surface area contributed by atoms with Crippen molar-refractivity contribution in [3.63, 3.8) is 0 Å². The summed E-state index contributed by atoms with van der Waals surface area (Å²) in [6, 6.07) is 5.90. The molecule has 21 heavy (non-hydrogen) atoms. The van der Waals surface area contributed by atoms with Crippen LogP contribution in [0.25, 0.3) is 6.08 Å².